The lowest BCUT2D eigenvalue weighted by molar-refractivity contribution is 0.594. The van der Waals surface area contributed by atoms with E-state index in [1.54, 1.807) is 0 Å². The van der Waals surface area contributed by atoms with Crippen molar-refractivity contribution in [3.8, 4) is 0 Å². The molecule has 0 saturated heterocycles. The van der Waals surface area contributed by atoms with E-state index in [-0.39, 0.29) is 6.04 Å². The number of nitrogens with zero attached hydrogens (tertiary/aromatic N) is 2. The average Bonchev–Trinajstić information content (AvgIpc) is 2.75. The minimum atomic E-state index is 0.141. The maximum atomic E-state index is 6.28. The van der Waals surface area contributed by atoms with E-state index in [0.29, 0.717) is 0 Å². The molecule has 0 saturated carbocycles. The first kappa shape index (κ1) is 15.1. The Hall–Kier alpha value is -1.32. The molecule has 0 aliphatic heterocycles. The van der Waals surface area contributed by atoms with E-state index in [9.17, 15) is 0 Å². The van der Waals surface area contributed by atoms with Crippen LogP contribution in [0.2, 0.25) is 5.02 Å². The molecule has 0 amide bonds. The fourth-order valence-electron chi connectivity index (χ4n) is 2.28. The van der Waals surface area contributed by atoms with Crippen molar-refractivity contribution in [2.45, 2.75) is 33.2 Å². The van der Waals surface area contributed by atoms with Crippen LogP contribution < -0.4 is 5.32 Å². The molecular weight excluding hydrogens is 270 g/mol. The van der Waals surface area contributed by atoms with Gasteiger partial charge in [-0.05, 0) is 44.0 Å². The number of hydrogen-bond acceptors (Lipinski definition) is 2. The summed E-state index contributed by atoms with van der Waals surface area (Å²) >= 11 is 6.28. The second-order valence-corrected chi connectivity index (χ2v) is 5.61. The first-order valence-electron chi connectivity index (χ1n) is 7.02. The lowest BCUT2D eigenvalue weighted by Gasteiger charge is -2.19. The Kier molecular flexibility index (Phi) is 4.84. The summed E-state index contributed by atoms with van der Waals surface area (Å²) in [7, 11) is 1.97. The molecule has 0 radical (unpaired) electrons. The van der Waals surface area contributed by atoms with Crippen molar-refractivity contribution in [3.05, 3.63) is 51.8 Å². The molecule has 0 aliphatic carbocycles. The highest BCUT2D eigenvalue weighted by Crippen LogP contribution is 2.28. The van der Waals surface area contributed by atoms with Crippen molar-refractivity contribution in [3.63, 3.8) is 0 Å². The molecule has 1 heterocycles. The number of nitrogens with one attached hydrogen (secondary N) is 1. The van der Waals surface area contributed by atoms with E-state index in [4.69, 9.17) is 11.6 Å². The van der Waals surface area contributed by atoms with Crippen LogP contribution >= 0.6 is 11.6 Å². The van der Waals surface area contributed by atoms with E-state index < -0.39 is 0 Å². The molecule has 0 fully saturated rings. The molecule has 3 nitrogen and oxygen atoms in total. The topological polar surface area (TPSA) is 29.9 Å². The van der Waals surface area contributed by atoms with E-state index in [1.807, 2.05) is 24.9 Å². The van der Waals surface area contributed by atoms with Crippen molar-refractivity contribution >= 4 is 11.6 Å². The van der Waals surface area contributed by atoms with Crippen molar-refractivity contribution in [1.82, 2.24) is 15.1 Å². The highest BCUT2D eigenvalue weighted by Gasteiger charge is 2.18. The summed E-state index contributed by atoms with van der Waals surface area (Å²) in [6.45, 7) is 7.25. The van der Waals surface area contributed by atoms with Crippen LogP contribution in [0, 0.1) is 13.8 Å². The van der Waals surface area contributed by atoms with Gasteiger partial charge < -0.3 is 5.32 Å². The molecule has 0 bridgehead atoms. The van der Waals surface area contributed by atoms with Crippen LogP contribution in [0.3, 0.4) is 0 Å². The predicted octanol–water partition coefficient (Wildman–Crippen LogP) is 3.78. The van der Waals surface area contributed by atoms with Crippen molar-refractivity contribution in [1.29, 1.82) is 0 Å². The van der Waals surface area contributed by atoms with Crippen molar-refractivity contribution in [2.75, 3.05) is 6.54 Å². The summed E-state index contributed by atoms with van der Waals surface area (Å²) in [5.41, 5.74) is 4.67. The number of hydrogen-bond donors (Lipinski definition) is 1. The first-order chi connectivity index (χ1) is 9.54. The fraction of sp³-hybridized carbons (Fsp3) is 0.438. The fourth-order valence-corrected chi connectivity index (χ4v) is 2.47. The van der Waals surface area contributed by atoms with E-state index >= 15 is 0 Å². The Labute approximate surface area is 126 Å². The monoisotopic (exact) mass is 291 g/mol. The van der Waals surface area contributed by atoms with Gasteiger partial charge in [0, 0.05) is 23.3 Å². The van der Waals surface area contributed by atoms with Crippen LogP contribution in [-0.2, 0) is 7.05 Å². The molecule has 1 aromatic heterocycles. The molecule has 1 unspecified atom stereocenters. The Morgan fingerprint density at radius 3 is 2.65 bits per heavy atom. The highest BCUT2D eigenvalue weighted by atomic mass is 35.5. The van der Waals surface area contributed by atoms with Crippen molar-refractivity contribution in [2.24, 2.45) is 7.05 Å². The van der Waals surface area contributed by atoms with Crippen LogP contribution in [-0.4, -0.2) is 16.3 Å². The highest BCUT2D eigenvalue weighted by molar-refractivity contribution is 6.31. The van der Waals surface area contributed by atoms with Crippen molar-refractivity contribution < 1.29 is 0 Å². The molecule has 2 rings (SSSR count). The molecule has 1 N–H and O–H groups in total. The van der Waals surface area contributed by atoms with Gasteiger partial charge in [0.25, 0.3) is 0 Å². The predicted molar refractivity (Wildman–Crippen MR) is 84.3 cm³/mol. The van der Waals surface area contributed by atoms with Gasteiger partial charge in [-0.3, -0.25) is 4.68 Å². The zero-order chi connectivity index (χ0) is 14.7. The van der Waals surface area contributed by atoms with Gasteiger partial charge in [0.15, 0.2) is 0 Å². The van der Waals surface area contributed by atoms with Gasteiger partial charge in [0.2, 0.25) is 0 Å². The molecule has 1 aromatic carbocycles. The van der Waals surface area contributed by atoms with Gasteiger partial charge in [-0.25, -0.2) is 0 Å². The largest absolute Gasteiger partial charge is 0.306 e. The smallest absolute Gasteiger partial charge is 0.0611 e. The van der Waals surface area contributed by atoms with Gasteiger partial charge in [-0.1, -0.05) is 30.7 Å². The van der Waals surface area contributed by atoms with Gasteiger partial charge in [0.05, 0.1) is 12.2 Å². The van der Waals surface area contributed by atoms with E-state index in [1.165, 1.54) is 16.8 Å². The number of aromatic nitrogens is 2. The molecule has 0 aliphatic rings. The molecule has 2 aromatic rings. The summed E-state index contributed by atoms with van der Waals surface area (Å²) in [5, 5.41) is 8.76. The third-order valence-electron chi connectivity index (χ3n) is 3.71. The standard InChI is InChI=1S/C16H22ClN3/c1-5-8-18-16(14-10-19-20(4)12(14)3)13-7-6-11(2)15(17)9-13/h6-7,9-10,16,18H,5,8H2,1-4H3. The summed E-state index contributed by atoms with van der Waals surface area (Å²) < 4.78 is 1.91. The number of halogens is 1. The minimum Gasteiger partial charge on any atom is -0.306 e. The molecular formula is C16H22ClN3. The zero-order valence-corrected chi connectivity index (χ0v) is 13.3. The normalized spacial score (nSPS) is 12.7. The molecule has 1 atom stereocenters. The summed E-state index contributed by atoms with van der Waals surface area (Å²) in [5.74, 6) is 0. The zero-order valence-electron chi connectivity index (χ0n) is 12.6. The van der Waals surface area contributed by atoms with Crippen LogP contribution in [0.4, 0.5) is 0 Å². The van der Waals surface area contributed by atoms with Crippen LogP contribution in [0.15, 0.2) is 24.4 Å². The quantitative estimate of drug-likeness (QED) is 0.908. The lowest BCUT2D eigenvalue weighted by atomic mass is 9.98. The Balaban J connectivity index is 2.41. The maximum absolute atomic E-state index is 6.28. The summed E-state index contributed by atoms with van der Waals surface area (Å²) in [6.07, 6.45) is 3.03. The second kappa shape index (κ2) is 6.42. The molecule has 108 valence electrons. The van der Waals surface area contributed by atoms with Gasteiger partial charge in [-0.2, -0.15) is 5.10 Å². The lowest BCUT2D eigenvalue weighted by Crippen LogP contribution is -2.23. The third kappa shape index (κ3) is 3.05. The van der Waals surface area contributed by atoms with Crippen LogP contribution in [0.5, 0.6) is 0 Å². The maximum Gasteiger partial charge on any atom is 0.0611 e. The Bertz CT molecular complexity index is 589. The summed E-state index contributed by atoms with van der Waals surface area (Å²) in [4.78, 5) is 0. The van der Waals surface area contributed by atoms with Crippen LogP contribution in [0.1, 0.15) is 41.8 Å². The number of benzene rings is 1. The minimum absolute atomic E-state index is 0.141. The van der Waals surface area contributed by atoms with Gasteiger partial charge in [-0.15, -0.1) is 0 Å². The van der Waals surface area contributed by atoms with E-state index in [0.717, 1.165) is 23.6 Å². The van der Waals surface area contributed by atoms with Crippen LogP contribution in [0.25, 0.3) is 0 Å². The molecule has 4 heteroatoms. The second-order valence-electron chi connectivity index (χ2n) is 5.20. The Morgan fingerprint density at radius 2 is 2.10 bits per heavy atom. The van der Waals surface area contributed by atoms with E-state index in [2.05, 4.69) is 42.5 Å². The van der Waals surface area contributed by atoms with Gasteiger partial charge in [0.1, 0.15) is 0 Å². The Morgan fingerprint density at radius 1 is 1.35 bits per heavy atom. The number of aryl methyl sites for hydroxylation is 2. The third-order valence-corrected chi connectivity index (χ3v) is 4.12. The van der Waals surface area contributed by atoms with Gasteiger partial charge >= 0.3 is 0 Å². The SMILES string of the molecule is CCCNC(c1ccc(C)c(Cl)c1)c1cnn(C)c1C. The first-order valence-corrected chi connectivity index (χ1v) is 7.40. The molecule has 0 spiro atoms. The number of rotatable bonds is 5. The molecule has 20 heavy (non-hydrogen) atoms. The summed E-state index contributed by atoms with van der Waals surface area (Å²) in [6, 6.07) is 6.41. The average molecular weight is 292 g/mol.